The van der Waals surface area contributed by atoms with E-state index >= 15 is 0 Å². The highest BCUT2D eigenvalue weighted by atomic mass is 32.2. The molecule has 2 aliphatic carbocycles. The predicted molar refractivity (Wildman–Crippen MR) is 117 cm³/mol. The molecule has 170 valence electrons. The van der Waals surface area contributed by atoms with Gasteiger partial charge in [-0.25, -0.2) is 15.1 Å². The van der Waals surface area contributed by atoms with Crippen molar-refractivity contribution in [3.63, 3.8) is 0 Å². The second-order valence-electron chi connectivity index (χ2n) is 8.50. The Morgan fingerprint density at radius 3 is 2.78 bits per heavy atom. The predicted octanol–water partition coefficient (Wildman–Crippen LogP) is 1.03. The summed E-state index contributed by atoms with van der Waals surface area (Å²) in [6.45, 7) is -0.156. The Bertz CT molecular complexity index is 1250. The Morgan fingerprint density at radius 2 is 1.97 bits per heavy atom. The topological polar surface area (TPSA) is 153 Å². The van der Waals surface area contributed by atoms with Gasteiger partial charge in [-0.1, -0.05) is 24.3 Å². The number of benzene rings is 1. The first-order chi connectivity index (χ1) is 15.3. The van der Waals surface area contributed by atoms with E-state index in [9.17, 15) is 18.6 Å². The first kappa shape index (κ1) is 21.3. The minimum atomic E-state index is -4.05. The van der Waals surface area contributed by atoms with Crippen molar-refractivity contribution in [3.05, 3.63) is 54.0 Å². The molecule has 0 spiro atoms. The highest BCUT2D eigenvalue weighted by Crippen LogP contribution is 2.39. The number of anilines is 1. The zero-order chi connectivity index (χ0) is 22.5. The summed E-state index contributed by atoms with van der Waals surface area (Å²) >= 11 is 0. The van der Waals surface area contributed by atoms with E-state index in [-0.39, 0.29) is 24.6 Å². The molecule has 2 aromatic heterocycles. The maximum absolute atomic E-state index is 11.1. The Labute approximate surface area is 185 Å². The molecule has 5 N–H and O–H groups in total. The van der Waals surface area contributed by atoms with Crippen molar-refractivity contribution in [1.82, 2.24) is 14.5 Å². The Kier molecular flexibility index (Phi) is 5.38. The third-order valence-corrected chi connectivity index (χ3v) is 6.94. The van der Waals surface area contributed by atoms with Crippen molar-refractivity contribution in [2.75, 3.05) is 11.9 Å². The van der Waals surface area contributed by atoms with Crippen molar-refractivity contribution in [1.29, 1.82) is 0 Å². The van der Waals surface area contributed by atoms with Crippen LogP contribution in [0.15, 0.2) is 42.9 Å². The molecule has 3 aromatic rings. The van der Waals surface area contributed by atoms with Gasteiger partial charge in [0.15, 0.2) is 0 Å². The number of nitrogens with one attached hydrogen (secondary N) is 1. The molecule has 5 atom stereocenters. The van der Waals surface area contributed by atoms with Gasteiger partial charge in [0.25, 0.3) is 0 Å². The van der Waals surface area contributed by atoms with Gasteiger partial charge in [-0.05, 0) is 30.0 Å². The number of hydrogen-bond acceptors (Lipinski definition) is 8. The summed E-state index contributed by atoms with van der Waals surface area (Å²) in [6, 6.07) is 9.53. The van der Waals surface area contributed by atoms with E-state index in [1.807, 2.05) is 41.1 Å². The number of fused-ring (bicyclic) bond motifs is 2. The smallest absolute Gasteiger partial charge is 0.333 e. The van der Waals surface area contributed by atoms with Crippen LogP contribution in [-0.2, 0) is 20.9 Å². The van der Waals surface area contributed by atoms with E-state index in [4.69, 9.17) is 9.32 Å². The van der Waals surface area contributed by atoms with Gasteiger partial charge < -0.3 is 20.1 Å². The van der Waals surface area contributed by atoms with Gasteiger partial charge in [0, 0.05) is 24.6 Å². The molecule has 11 heteroatoms. The van der Waals surface area contributed by atoms with Gasteiger partial charge in [-0.3, -0.25) is 4.18 Å². The maximum atomic E-state index is 11.1. The fraction of sp³-hybridized carbons (Fsp3) is 0.429. The van der Waals surface area contributed by atoms with Gasteiger partial charge in [-0.15, -0.1) is 0 Å². The molecule has 32 heavy (non-hydrogen) atoms. The number of nitrogens with zero attached hydrogens (tertiary/aromatic N) is 3. The van der Waals surface area contributed by atoms with Crippen LogP contribution in [0.25, 0.3) is 11.0 Å². The lowest BCUT2D eigenvalue weighted by Gasteiger charge is -2.19. The van der Waals surface area contributed by atoms with Crippen LogP contribution in [0.1, 0.15) is 36.1 Å². The van der Waals surface area contributed by atoms with E-state index < -0.39 is 22.5 Å². The second-order valence-corrected chi connectivity index (χ2v) is 9.73. The SMILES string of the molecule is NS(=O)(=O)OC[C@@H]1C[C@@H](n2ccc3c(N[C@@H]4c5ccccc5CC4O)ncnc32)C[C@@H]1O. The van der Waals surface area contributed by atoms with Crippen LogP contribution >= 0.6 is 0 Å². The molecule has 0 radical (unpaired) electrons. The lowest BCUT2D eigenvalue weighted by molar-refractivity contribution is 0.100. The third-order valence-electron chi connectivity index (χ3n) is 6.48. The van der Waals surface area contributed by atoms with Crippen LogP contribution < -0.4 is 10.5 Å². The molecule has 5 rings (SSSR count). The summed E-state index contributed by atoms with van der Waals surface area (Å²) in [4.78, 5) is 8.85. The van der Waals surface area contributed by atoms with Gasteiger partial charge in [0.1, 0.15) is 17.8 Å². The maximum Gasteiger partial charge on any atom is 0.333 e. The molecular formula is C21H25N5O5S. The summed E-state index contributed by atoms with van der Waals surface area (Å²) in [5.41, 5.74) is 2.88. The molecule has 2 heterocycles. The minimum Gasteiger partial charge on any atom is -0.393 e. The lowest BCUT2D eigenvalue weighted by Crippen LogP contribution is -2.24. The monoisotopic (exact) mass is 459 g/mol. The van der Waals surface area contributed by atoms with Crippen molar-refractivity contribution in [2.24, 2.45) is 11.1 Å². The van der Waals surface area contributed by atoms with Crippen LogP contribution in [0.3, 0.4) is 0 Å². The van der Waals surface area contributed by atoms with Crippen LogP contribution in [0.4, 0.5) is 5.82 Å². The first-order valence-electron chi connectivity index (χ1n) is 10.5. The van der Waals surface area contributed by atoms with Gasteiger partial charge in [0.2, 0.25) is 0 Å². The lowest BCUT2D eigenvalue weighted by atomic mass is 10.1. The first-order valence-corrected chi connectivity index (χ1v) is 12.0. The molecule has 1 saturated carbocycles. The summed E-state index contributed by atoms with van der Waals surface area (Å²) in [5.74, 6) is 0.280. The highest BCUT2D eigenvalue weighted by molar-refractivity contribution is 7.84. The van der Waals surface area contributed by atoms with Crippen LogP contribution in [0.2, 0.25) is 0 Å². The average Bonchev–Trinajstić information content (AvgIpc) is 3.42. The number of nitrogens with two attached hydrogens (primary N) is 1. The van der Waals surface area contributed by atoms with Crippen molar-refractivity contribution >= 4 is 27.2 Å². The van der Waals surface area contributed by atoms with E-state index in [0.717, 1.165) is 16.5 Å². The summed E-state index contributed by atoms with van der Waals surface area (Å²) < 4.78 is 28.8. The number of rotatable bonds is 6. The standard InChI is InChI=1S/C21H25N5O5S/c22-32(29,30)31-10-13-7-14(9-17(13)27)26-6-5-16-20(23-11-24-21(16)26)25-19-15-4-2-1-3-12(15)8-18(19)28/h1-6,11,13-14,17-19,27-28H,7-10H2,(H2,22,29,30)(H,23,24,25)/t13-,14+,17-,18?,19+/m0/s1. The van der Waals surface area contributed by atoms with Crippen molar-refractivity contribution in [2.45, 2.75) is 43.6 Å². The summed E-state index contributed by atoms with van der Waals surface area (Å²) in [7, 11) is -4.05. The molecule has 0 bridgehead atoms. The average molecular weight is 460 g/mol. The Balaban J connectivity index is 1.38. The fourth-order valence-corrected chi connectivity index (χ4v) is 5.30. The number of aliphatic hydroxyl groups is 2. The number of hydrogen-bond donors (Lipinski definition) is 4. The highest BCUT2D eigenvalue weighted by Gasteiger charge is 2.36. The molecule has 0 aliphatic heterocycles. The van der Waals surface area contributed by atoms with Gasteiger partial charge in [-0.2, -0.15) is 8.42 Å². The molecule has 1 unspecified atom stereocenters. The van der Waals surface area contributed by atoms with Crippen molar-refractivity contribution in [3.8, 4) is 0 Å². The molecule has 0 saturated heterocycles. The van der Waals surface area contributed by atoms with E-state index in [1.54, 1.807) is 0 Å². The largest absolute Gasteiger partial charge is 0.393 e. The zero-order valence-corrected chi connectivity index (χ0v) is 18.0. The summed E-state index contributed by atoms with van der Waals surface area (Å²) in [5, 5.41) is 30.1. The second kappa shape index (κ2) is 8.09. The normalized spacial score (nSPS) is 27.7. The molecule has 1 fully saturated rings. The van der Waals surface area contributed by atoms with Crippen molar-refractivity contribution < 1.29 is 22.8 Å². The summed E-state index contributed by atoms with van der Waals surface area (Å²) in [6.07, 6.45) is 3.68. The van der Waals surface area contributed by atoms with Crippen LogP contribution in [0.5, 0.6) is 0 Å². The molecule has 1 aromatic carbocycles. The van der Waals surface area contributed by atoms with Crippen LogP contribution in [0, 0.1) is 5.92 Å². The Hall–Kier alpha value is -2.57. The zero-order valence-electron chi connectivity index (χ0n) is 17.2. The fourth-order valence-electron chi connectivity index (χ4n) is 4.94. The van der Waals surface area contributed by atoms with E-state index in [2.05, 4.69) is 15.3 Å². The van der Waals surface area contributed by atoms with E-state index in [0.29, 0.717) is 30.7 Å². The Morgan fingerprint density at radius 1 is 1.16 bits per heavy atom. The van der Waals surface area contributed by atoms with E-state index in [1.165, 1.54) is 6.33 Å². The minimum absolute atomic E-state index is 0.0721. The molecular weight excluding hydrogens is 434 g/mol. The molecule has 10 nitrogen and oxygen atoms in total. The van der Waals surface area contributed by atoms with Gasteiger partial charge in [0.05, 0.1) is 30.2 Å². The quantitative estimate of drug-likeness (QED) is 0.426. The third kappa shape index (κ3) is 3.97. The number of aliphatic hydroxyl groups excluding tert-OH is 2. The molecule has 0 amide bonds. The van der Waals surface area contributed by atoms with Crippen LogP contribution in [-0.4, -0.2) is 52.0 Å². The number of aromatic nitrogens is 3. The van der Waals surface area contributed by atoms with Gasteiger partial charge >= 0.3 is 10.3 Å². The molecule has 2 aliphatic rings.